The molecule has 1 heterocycles. The zero-order chi connectivity index (χ0) is 12.0. The van der Waals surface area contributed by atoms with Crippen LogP contribution in [0.4, 0.5) is 0 Å². The highest BCUT2D eigenvalue weighted by atomic mass is 14.9. The van der Waals surface area contributed by atoms with Crippen LogP contribution in [-0.2, 0) is 0 Å². The molecule has 0 bridgehead atoms. The third kappa shape index (κ3) is 3.78. The van der Waals surface area contributed by atoms with Gasteiger partial charge in [-0.25, -0.2) is 0 Å². The summed E-state index contributed by atoms with van der Waals surface area (Å²) in [5, 5.41) is 3.56. The van der Waals surface area contributed by atoms with Gasteiger partial charge in [0.1, 0.15) is 0 Å². The molecule has 1 unspecified atom stereocenters. The predicted molar refractivity (Wildman–Crippen MR) is 69.4 cm³/mol. The van der Waals surface area contributed by atoms with E-state index in [1.165, 1.54) is 16.7 Å². The van der Waals surface area contributed by atoms with Crippen molar-refractivity contribution in [2.75, 3.05) is 6.54 Å². The second kappa shape index (κ2) is 6.44. The van der Waals surface area contributed by atoms with Crippen molar-refractivity contribution in [1.29, 1.82) is 0 Å². The Morgan fingerprint density at radius 1 is 1.56 bits per heavy atom. The highest BCUT2D eigenvalue weighted by Crippen LogP contribution is 2.22. The van der Waals surface area contributed by atoms with Crippen LogP contribution in [0.15, 0.2) is 30.6 Å². The Kier molecular flexibility index (Phi) is 5.20. The lowest BCUT2D eigenvalue weighted by Gasteiger charge is -2.20. The van der Waals surface area contributed by atoms with Gasteiger partial charge < -0.3 is 5.32 Å². The van der Waals surface area contributed by atoms with Crippen LogP contribution in [0.2, 0.25) is 0 Å². The molecule has 0 aromatic carbocycles. The second-order valence-corrected chi connectivity index (χ2v) is 4.40. The Bertz CT molecular complexity index is 344. The molecule has 0 aliphatic carbocycles. The number of rotatable bonds is 6. The summed E-state index contributed by atoms with van der Waals surface area (Å²) in [7, 11) is 0. The van der Waals surface area contributed by atoms with Gasteiger partial charge in [0, 0.05) is 18.4 Å². The first-order valence-electron chi connectivity index (χ1n) is 5.93. The lowest BCUT2D eigenvalue weighted by atomic mass is 9.98. The maximum absolute atomic E-state index is 4.21. The lowest BCUT2D eigenvalue weighted by molar-refractivity contribution is 0.524. The summed E-state index contributed by atoms with van der Waals surface area (Å²) < 4.78 is 0. The van der Waals surface area contributed by atoms with Gasteiger partial charge in [-0.1, -0.05) is 12.5 Å². The number of nitrogens with one attached hydrogen (secondary N) is 1. The topological polar surface area (TPSA) is 24.9 Å². The fraction of sp³-hybridized carbons (Fsp3) is 0.500. The average Bonchev–Trinajstić information content (AvgIpc) is 2.24. The summed E-state index contributed by atoms with van der Waals surface area (Å²) in [6, 6.07) is 2.42. The average molecular weight is 218 g/mol. The summed E-state index contributed by atoms with van der Waals surface area (Å²) >= 11 is 0. The van der Waals surface area contributed by atoms with Gasteiger partial charge in [0.15, 0.2) is 0 Å². The van der Waals surface area contributed by atoms with Gasteiger partial charge in [0.05, 0.1) is 0 Å². The number of aromatic nitrogens is 1. The number of hydrogen-bond acceptors (Lipinski definition) is 2. The standard InChI is InChI=1S/C14H22N2/c1-5-7-16-14(9-11(2)3)13-10-15-8-6-12(13)4/h6,8,10,14,16H,2,5,7,9H2,1,3-4H3. The molecule has 0 aliphatic rings. The van der Waals surface area contributed by atoms with E-state index in [9.17, 15) is 0 Å². The normalized spacial score (nSPS) is 12.4. The molecular weight excluding hydrogens is 196 g/mol. The maximum Gasteiger partial charge on any atom is 0.0375 e. The smallest absolute Gasteiger partial charge is 0.0375 e. The van der Waals surface area contributed by atoms with Gasteiger partial charge in [-0.3, -0.25) is 4.98 Å². The fourth-order valence-corrected chi connectivity index (χ4v) is 1.80. The molecule has 1 atom stereocenters. The zero-order valence-corrected chi connectivity index (χ0v) is 10.6. The highest BCUT2D eigenvalue weighted by molar-refractivity contribution is 5.26. The molecule has 88 valence electrons. The molecule has 1 rings (SSSR count). The fourth-order valence-electron chi connectivity index (χ4n) is 1.80. The lowest BCUT2D eigenvalue weighted by Crippen LogP contribution is -2.23. The second-order valence-electron chi connectivity index (χ2n) is 4.40. The number of hydrogen-bond donors (Lipinski definition) is 1. The van der Waals surface area contributed by atoms with E-state index >= 15 is 0 Å². The minimum atomic E-state index is 0.353. The van der Waals surface area contributed by atoms with Crippen LogP contribution in [-0.4, -0.2) is 11.5 Å². The summed E-state index contributed by atoms with van der Waals surface area (Å²) in [6.45, 7) is 11.4. The number of nitrogens with zero attached hydrogens (tertiary/aromatic N) is 1. The van der Waals surface area contributed by atoms with Crippen LogP contribution in [0.3, 0.4) is 0 Å². The Balaban J connectivity index is 2.82. The first kappa shape index (κ1) is 12.9. The van der Waals surface area contributed by atoms with Crippen LogP contribution in [0, 0.1) is 6.92 Å². The van der Waals surface area contributed by atoms with Gasteiger partial charge in [-0.2, -0.15) is 0 Å². The zero-order valence-electron chi connectivity index (χ0n) is 10.6. The predicted octanol–water partition coefficient (Wildman–Crippen LogP) is 3.40. The Morgan fingerprint density at radius 3 is 2.88 bits per heavy atom. The Labute approximate surface area is 98.8 Å². The van der Waals surface area contributed by atoms with Crippen molar-refractivity contribution in [3.05, 3.63) is 41.7 Å². The van der Waals surface area contributed by atoms with Gasteiger partial charge in [-0.15, -0.1) is 6.58 Å². The minimum absolute atomic E-state index is 0.353. The van der Waals surface area contributed by atoms with E-state index < -0.39 is 0 Å². The van der Waals surface area contributed by atoms with Gasteiger partial charge in [-0.05, 0) is 50.4 Å². The van der Waals surface area contributed by atoms with Crippen molar-refractivity contribution in [2.24, 2.45) is 0 Å². The van der Waals surface area contributed by atoms with Crippen LogP contribution < -0.4 is 5.32 Å². The number of pyridine rings is 1. The molecule has 0 radical (unpaired) electrons. The molecule has 2 nitrogen and oxygen atoms in total. The van der Waals surface area contributed by atoms with Crippen molar-refractivity contribution in [2.45, 2.75) is 39.7 Å². The first-order valence-corrected chi connectivity index (χ1v) is 5.93. The molecule has 1 aromatic heterocycles. The van der Waals surface area contributed by atoms with Crippen molar-refractivity contribution in [3.8, 4) is 0 Å². The van der Waals surface area contributed by atoms with Gasteiger partial charge >= 0.3 is 0 Å². The van der Waals surface area contributed by atoms with Crippen LogP contribution >= 0.6 is 0 Å². The van der Waals surface area contributed by atoms with Crippen molar-refractivity contribution >= 4 is 0 Å². The van der Waals surface area contributed by atoms with Gasteiger partial charge in [0.2, 0.25) is 0 Å². The van der Waals surface area contributed by atoms with E-state index in [2.05, 4.69) is 43.7 Å². The van der Waals surface area contributed by atoms with E-state index in [0.717, 1.165) is 19.4 Å². The summed E-state index contributed by atoms with van der Waals surface area (Å²) in [4.78, 5) is 4.21. The first-order chi connectivity index (χ1) is 7.65. The van der Waals surface area contributed by atoms with E-state index in [0.29, 0.717) is 6.04 Å². The Morgan fingerprint density at radius 2 is 2.31 bits per heavy atom. The van der Waals surface area contributed by atoms with Crippen molar-refractivity contribution in [3.63, 3.8) is 0 Å². The van der Waals surface area contributed by atoms with Crippen molar-refractivity contribution in [1.82, 2.24) is 10.3 Å². The van der Waals surface area contributed by atoms with Crippen LogP contribution in [0.5, 0.6) is 0 Å². The quantitative estimate of drug-likeness (QED) is 0.740. The van der Waals surface area contributed by atoms with E-state index in [-0.39, 0.29) is 0 Å². The molecule has 0 fully saturated rings. The van der Waals surface area contributed by atoms with E-state index in [1.807, 2.05) is 12.4 Å². The SMILES string of the molecule is C=C(C)CC(NCCC)c1cnccc1C. The van der Waals surface area contributed by atoms with E-state index in [1.54, 1.807) is 0 Å². The largest absolute Gasteiger partial charge is 0.310 e. The highest BCUT2D eigenvalue weighted by Gasteiger charge is 2.12. The molecule has 0 saturated heterocycles. The molecular formula is C14H22N2. The van der Waals surface area contributed by atoms with Crippen molar-refractivity contribution < 1.29 is 0 Å². The molecule has 0 saturated carbocycles. The molecule has 0 aliphatic heterocycles. The maximum atomic E-state index is 4.21. The van der Waals surface area contributed by atoms with E-state index in [4.69, 9.17) is 0 Å². The molecule has 0 amide bonds. The summed E-state index contributed by atoms with van der Waals surface area (Å²) in [6.07, 6.45) is 5.93. The minimum Gasteiger partial charge on any atom is -0.310 e. The molecule has 2 heteroatoms. The van der Waals surface area contributed by atoms with Gasteiger partial charge in [0.25, 0.3) is 0 Å². The summed E-state index contributed by atoms with van der Waals surface area (Å²) in [5.74, 6) is 0. The molecule has 0 spiro atoms. The molecule has 1 aromatic rings. The summed E-state index contributed by atoms with van der Waals surface area (Å²) in [5.41, 5.74) is 3.79. The molecule has 16 heavy (non-hydrogen) atoms. The Hall–Kier alpha value is -1.15. The third-order valence-corrected chi connectivity index (χ3v) is 2.65. The van der Waals surface area contributed by atoms with Crippen LogP contribution in [0.25, 0.3) is 0 Å². The number of aryl methyl sites for hydroxylation is 1. The van der Waals surface area contributed by atoms with Crippen LogP contribution in [0.1, 0.15) is 43.9 Å². The monoisotopic (exact) mass is 218 g/mol. The third-order valence-electron chi connectivity index (χ3n) is 2.65. The molecule has 1 N–H and O–H groups in total.